The van der Waals surface area contributed by atoms with E-state index in [0.717, 1.165) is 11.3 Å². The van der Waals surface area contributed by atoms with Crippen molar-refractivity contribution in [2.75, 3.05) is 17.2 Å². The third-order valence-electron chi connectivity index (χ3n) is 4.13. The van der Waals surface area contributed by atoms with E-state index in [9.17, 15) is 19.6 Å². The Morgan fingerprint density at radius 3 is 2.53 bits per heavy atom. The van der Waals surface area contributed by atoms with Gasteiger partial charge in [0.05, 0.1) is 6.07 Å². The van der Waals surface area contributed by atoms with Crippen molar-refractivity contribution in [1.29, 1.82) is 10.5 Å². The van der Waals surface area contributed by atoms with Crippen LogP contribution in [0.5, 0.6) is 0 Å². The Hall–Kier alpha value is -3.96. The molecule has 0 saturated carbocycles. The lowest BCUT2D eigenvalue weighted by molar-refractivity contribution is -0.123. The molecule has 0 aliphatic carbocycles. The molecule has 0 unspecified atom stereocenters. The van der Waals surface area contributed by atoms with Gasteiger partial charge < -0.3 is 16.0 Å². The van der Waals surface area contributed by atoms with Crippen molar-refractivity contribution in [3.05, 3.63) is 37.7 Å². The van der Waals surface area contributed by atoms with Crippen LogP contribution in [0.3, 0.4) is 0 Å². The van der Waals surface area contributed by atoms with Gasteiger partial charge in [-0.3, -0.25) is 19.0 Å². The molecule has 2 heterocycles. The van der Waals surface area contributed by atoms with Gasteiger partial charge in [0, 0.05) is 18.2 Å². The number of carbonyl (C=O) groups is 2. The number of nitrogens with zero attached hydrogens (tertiary/aromatic N) is 4. The minimum atomic E-state index is -0.721. The fourth-order valence-corrected chi connectivity index (χ4v) is 3.51. The van der Waals surface area contributed by atoms with Crippen LogP contribution in [-0.4, -0.2) is 27.9 Å². The van der Waals surface area contributed by atoms with Crippen molar-refractivity contribution in [2.24, 2.45) is 5.41 Å². The molecule has 0 bridgehead atoms. The van der Waals surface area contributed by atoms with Crippen LogP contribution in [0, 0.1) is 28.1 Å². The largest absolute Gasteiger partial charge is 0.345 e. The molecule has 0 fully saturated rings. The second-order valence-electron chi connectivity index (χ2n) is 7.55. The van der Waals surface area contributed by atoms with Gasteiger partial charge in [-0.15, -0.1) is 11.3 Å². The van der Waals surface area contributed by atoms with Crippen molar-refractivity contribution < 1.29 is 9.59 Å². The Morgan fingerprint density at radius 1 is 1.25 bits per heavy atom. The number of pyridine rings is 1. The van der Waals surface area contributed by atoms with Crippen LogP contribution in [0.1, 0.15) is 27.7 Å². The minimum Gasteiger partial charge on any atom is -0.345 e. The van der Waals surface area contributed by atoms with Gasteiger partial charge in [0.1, 0.15) is 33.4 Å². The fourth-order valence-electron chi connectivity index (χ4n) is 2.42. The summed E-state index contributed by atoms with van der Waals surface area (Å²) in [5, 5.41) is 26.0. The van der Waals surface area contributed by atoms with Crippen LogP contribution >= 0.6 is 11.3 Å². The molecule has 166 valence electrons. The van der Waals surface area contributed by atoms with Crippen LogP contribution in [-0.2, 0) is 16.1 Å². The molecule has 10 nitrogen and oxygen atoms in total. The molecule has 0 saturated heterocycles. The number of hydrogen-bond donors (Lipinski definition) is 3. The summed E-state index contributed by atoms with van der Waals surface area (Å²) >= 11 is 0.974. The fraction of sp³-hybridized carbons (Fsp3) is 0.333. The number of thiazole rings is 1. The molecule has 0 spiro atoms. The monoisotopic (exact) mass is 453 g/mol. The third kappa shape index (κ3) is 5.80. The van der Waals surface area contributed by atoms with Crippen LogP contribution in [0.4, 0.5) is 11.6 Å². The quantitative estimate of drug-likeness (QED) is 0.538. The molecule has 0 aromatic carbocycles. The summed E-state index contributed by atoms with van der Waals surface area (Å²) < 4.78 is 1.77. The second-order valence-corrected chi connectivity index (χ2v) is 8.58. The van der Waals surface area contributed by atoms with Gasteiger partial charge in [0.25, 0.3) is 11.5 Å². The molecule has 0 aliphatic rings. The summed E-state index contributed by atoms with van der Waals surface area (Å²) in [6.07, 6.45) is 1.43. The molecular formula is C21H23N7O3S. The number of anilines is 2. The standard InChI is InChI=1S/C21H23N7O3S/c1-5-28-18(30)14(32-19(28)13(11-23)17(29)24-10-9-22)12-25-15-7-6-8-16(26-15)27-20(31)21(2,3)4/h6-8,12H,5,10H2,1-4H3,(H,24,29)(H2,25,26,27,31)/b14-12+,19-13-. The molecule has 2 aromatic rings. The summed E-state index contributed by atoms with van der Waals surface area (Å²) in [7, 11) is 0. The Balaban J connectivity index is 2.42. The van der Waals surface area contributed by atoms with Gasteiger partial charge in [-0.2, -0.15) is 10.5 Å². The summed E-state index contributed by atoms with van der Waals surface area (Å²) in [4.78, 5) is 41.4. The van der Waals surface area contributed by atoms with E-state index in [0.29, 0.717) is 11.6 Å². The Labute approximate surface area is 188 Å². The number of nitriles is 2. The highest BCUT2D eigenvalue weighted by molar-refractivity contribution is 7.07. The van der Waals surface area contributed by atoms with Crippen LogP contribution in [0.2, 0.25) is 0 Å². The Bertz CT molecular complexity index is 1290. The maximum absolute atomic E-state index is 12.7. The number of amides is 2. The maximum Gasteiger partial charge on any atom is 0.270 e. The molecule has 2 amide bonds. The molecule has 2 rings (SSSR count). The van der Waals surface area contributed by atoms with Gasteiger partial charge in [-0.1, -0.05) is 26.8 Å². The predicted molar refractivity (Wildman–Crippen MR) is 122 cm³/mol. The zero-order valence-corrected chi connectivity index (χ0v) is 19.0. The lowest BCUT2D eigenvalue weighted by Gasteiger charge is -2.17. The summed E-state index contributed by atoms with van der Waals surface area (Å²) in [5.74, 6) is -0.157. The molecule has 11 heteroatoms. The van der Waals surface area contributed by atoms with Gasteiger partial charge in [0.2, 0.25) is 5.91 Å². The second kappa shape index (κ2) is 10.4. The number of hydrogen-bond acceptors (Lipinski definition) is 8. The first-order valence-electron chi connectivity index (χ1n) is 9.66. The molecule has 0 atom stereocenters. The lowest BCUT2D eigenvalue weighted by Crippen LogP contribution is -2.34. The molecular weight excluding hydrogens is 430 g/mol. The maximum atomic E-state index is 12.7. The number of nitrogens with one attached hydrogen (secondary N) is 3. The summed E-state index contributed by atoms with van der Waals surface area (Å²) in [5.41, 5.74) is -1.20. The van der Waals surface area contributed by atoms with E-state index in [4.69, 9.17) is 5.26 Å². The molecule has 3 N–H and O–H groups in total. The highest BCUT2D eigenvalue weighted by atomic mass is 32.1. The van der Waals surface area contributed by atoms with E-state index in [2.05, 4.69) is 20.9 Å². The molecule has 0 radical (unpaired) electrons. The number of rotatable bonds is 6. The zero-order chi connectivity index (χ0) is 23.9. The van der Waals surface area contributed by atoms with Crippen LogP contribution < -0.4 is 30.7 Å². The Morgan fingerprint density at radius 2 is 1.94 bits per heavy atom. The SMILES string of the molecule is CCn1c(=O)/c(=C\Nc2cccc(NC(=O)C(C)(C)C)n2)s/c1=C(/C#N)C(=O)NCC#N. The van der Waals surface area contributed by atoms with Crippen LogP contribution in [0.15, 0.2) is 23.0 Å². The number of aromatic nitrogens is 2. The first-order chi connectivity index (χ1) is 15.1. The van der Waals surface area contributed by atoms with E-state index < -0.39 is 11.3 Å². The predicted octanol–water partition coefficient (Wildman–Crippen LogP) is 0.473. The highest BCUT2D eigenvalue weighted by Gasteiger charge is 2.21. The average Bonchev–Trinajstić information content (AvgIpc) is 3.05. The van der Waals surface area contributed by atoms with E-state index in [1.165, 1.54) is 10.8 Å². The van der Waals surface area contributed by atoms with E-state index >= 15 is 0 Å². The van der Waals surface area contributed by atoms with Crippen LogP contribution in [0.25, 0.3) is 11.8 Å². The summed E-state index contributed by atoms with van der Waals surface area (Å²) in [6.45, 7) is 7.09. The lowest BCUT2D eigenvalue weighted by atomic mass is 9.96. The van der Waals surface area contributed by atoms with Crippen molar-refractivity contribution in [1.82, 2.24) is 14.9 Å². The smallest absolute Gasteiger partial charge is 0.270 e. The Kier molecular flexibility index (Phi) is 7.88. The van der Waals surface area contributed by atoms with Gasteiger partial charge >= 0.3 is 0 Å². The minimum absolute atomic E-state index is 0.186. The normalized spacial score (nSPS) is 12.4. The first-order valence-corrected chi connectivity index (χ1v) is 10.5. The molecule has 0 aliphatic heterocycles. The van der Waals surface area contributed by atoms with E-state index in [1.807, 2.05) is 6.07 Å². The van der Waals surface area contributed by atoms with E-state index in [-0.39, 0.29) is 39.3 Å². The summed E-state index contributed by atoms with van der Waals surface area (Å²) in [6, 6.07) is 8.60. The average molecular weight is 454 g/mol. The van der Waals surface area contributed by atoms with Crippen molar-refractivity contribution in [3.8, 4) is 12.1 Å². The zero-order valence-electron chi connectivity index (χ0n) is 18.1. The van der Waals surface area contributed by atoms with Crippen molar-refractivity contribution in [2.45, 2.75) is 34.2 Å². The van der Waals surface area contributed by atoms with Crippen molar-refractivity contribution >= 4 is 46.6 Å². The van der Waals surface area contributed by atoms with Gasteiger partial charge in [-0.25, -0.2) is 4.98 Å². The first kappa shape index (κ1) is 24.3. The van der Waals surface area contributed by atoms with Crippen molar-refractivity contribution in [3.63, 3.8) is 0 Å². The molecule has 32 heavy (non-hydrogen) atoms. The number of carbonyl (C=O) groups excluding carboxylic acids is 2. The van der Waals surface area contributed by atoms with E-state index in [1.54, 1.807) is 52.0 Å². The highest BCUT2D eigenvalue weighted by Crippen LogP contribution is 2.17. The third-order valence-corrected chi connectivity index (χ3v) is 5.26. The molecule has 2 aromatic heterocycles. The van der Waals surface area contributed by atoms with Gasteiger partial charge in [0.15, 0.2) is 5.57 Å². The van der Waals surface area contributed by atoms with Gasteiger partial charge in [-0.05, 0) is 19.1 Å². The topological polar surface area (TPSA) is 153 Å².